The Kier molecular flexibility index (Phi) is 4.14. The fourth-order valence-corrected chi connectivity index (χ4v) is 1.97. The molecule has 1 aliphatic heterocycles. The summed E-state index contributed by atoms with van der Waals surface area (Å²) in [4.78, 5) is 8.63. The maximum atomic E-state index is 5.75. The summed E-state index contributed by atoms with van der Waals surface area (Å²) in [5.74, 6) is 2.14. The minimum absolute atomic E-state index is 0.306. The van der Waals surface area contributed by atoms with Gasteiger partial charge in [0.2, 0.25) is 0 Å². The van der Waals surface area contributed by atoms with Gasteiger partial charge < -0.3 is 15.8 Å². The molecular formula is C12H20N4O. The third-order valence-electron chi connectivity index (χ3n) is 2.80. The van der Waals surface area contributed by atoms with Gasteiger partial charge in [-0.05, 0) is 19.3 Å². The molecule has 1 fully saturated rings. The maximum absolute atomic E-state index is 5.75. The first kappa shape index (κ1) is 12.1. The van der Waals surface area contributed by atoms with Gasteiger partial charge >= 0.3 is 0 Å². The second-order valence-electron chi connectivity index (χ2n) is 4.36. The van der Waals surface area contributed by atoms with E-state index in [1.807, 2.05) is 0 Å². The number of aromatic nitrogens is 2. The van der Waals surface area contributed by atoms with Crippen molar-refractivity contribution in [3.05, 3.63) is 11.9 Å². The Labute approximate surface area is 102 Å². The van der Waals surface area contributed by atoms with Crippen LogP contribution in [0.5, 0.6) is 0 Å². The summed E-state index contributed by atoms with van der Waals surface area (Å²) < 4.78 is 5.55. The highest BCUT2D eigenvalue weighted by Gasteiger charge is 2.15. The van der Waals surface area contributed by atoms with Gasteiger partial charge in [-0.3, -0.25) is 0 Å². The SMILES string of the molecule is CCCc1nc(N)cc(NCC2CCCO2)n1. The second kappa shape index (κ2) is 5.82. The molecule has 17 heavy (non-hydrogen) atoms. The summed E-state index contributed by atoms with van der Waals surface area (Å²) in [7, 11) is 0. The van der Waals surface area contributed by atoms with E-state index in [0.29, 0.717) is 11.9 Å². The third-order valence-corrected chi connectivity index (χ3v) is 2.80. The highest BCUT2D eigenvalue weighted by molar-refractivity contribution is 5.44. The van der Waals surface area contributed by atoms with Gasteiger partial charge in [0.25, 0.3) is 0 Å². The normalized spacial score (nSPS) is 19.5. The maximum Gasteiger partial charge on any atom is 0.133 e. The molecule has 2 rings (SSSR count). The molecule has 5 heteroatoms. The summed E-state index contributed by atoms with van der Waals surface area (Å²) in [6, 6.07) is 1.77. The van der Waals surface area contributed by atoms with Crippen molar-refractivity contribution in [2.24, 2.45) is 0 Å². The predicted octanol–water partition coefficient (Wildman–Crippen LogP) is 1.60. The third kappa shape index (κ3) is 3.56. The van der Waals surface area contributed by atoms with Crippen LogP contribution in [0.3, 0.4) is 0 Å². The van der Waals surface area contributed by atoms with E-state index in [1.165, 1.54) is 0 Å². The number of nitrogens with two attached hydrogens (primary N) is 1. The van der Waals surface area contributed by atoms with Crippen LogP contribution in [0.4, 0.5) is 11.6 Å². The zero-order valence-electron chi connectivity index (χ0n) is 10.3. The van der Waals surface area contributed by atoms with Crippen LogP contribution in [-0.4, -0.2) is 29.2 Å². The Balaban J connectivity index is 1.94. The summed E-state index contributed by atoms with van der Waals surface area (Å²) >= 11 is 0. The van der Waals surface area contributed by atoms with E-state index in [2.05, 4.69) is 22.2 Å². The van der Waals surface area contributed by atoms with Gasteiger partial charge in [-0.2, -0.15) is 0 Å². The largest absolute Gasteiger partial charge is 0.384 e. The molecule has 0 saturated carbocycles. The zero-order valence-corrected chi connectivity index (χ0v) is 10.3. The Morgan fingerprint density at radius 2 is 2.41 bits per heavy atom. The molecule has 1 saturated heterocycles. The molecular weight excluding hydrogens is 216 g/mol. The van der Waals surface area contributed by atoms with Crippen molar-refractivity contribution in [2.45, 2.75) is 38.7 Å². The van der Waals surface area contributed by atoms with Gasteiger partial charge in [-0.25, -0.2) is 9.97 Å². The Morgan fingerprint density at radius 1 is 1.53 bits per heavy atom. The van der Waals surface area contributed by atoms with Gasteiger partial charge in [-0.15, -0.1) is 0 Å². The van der Waals surface area contributed by atoms with Crippen LogP contribution in [0.15, 0.2) is 6.07 Å². The molecule has 94 valence electrons. The number of ether oxygens (including phenoxy) is 1. The molecule has 0 amide bonds. The quantitative estimate of drug-likeness (QED) is 0.812. The van der Waals surface area contributed by atoms with Gasteiger partial charge in [0.15, 0.2) is 0 Å². The van der Waals surface area contributed by atoms with Crippen LogP contribution in [0.1, 0.15) is 32.0 Å². The predicted molar refractivity (Wildman–Crippen MR) is 67.9 cm³/mol. The number of aryl methyl sites for hydroxylation is 1. The number of nitrogens with zero attached hydrogens (tertiary/aromatic N) is 2. The molecule has 3 N–H and O–H groups in total. The number of hydrogen-bond donors (Lipinski definition) is 2. The van der Waals surface area contributed by atoms with Crippen LogP contribution in [0.25, 0.3) is 0 Å². The fraction of sp³-hybridized carbons (Fsp3) is 0.667. The van der Waals surface area contributed by atoms with Crippen molar-refractivity contribution in [2.75, 3.05) is 24.2 Å². The Morgan fingerprint density at radius 3 is 3.12 bits per heavy atom. The zero-order chi connectivity index (χ0) is 12.1. The number of hydrogen-bond acceptors (Lipinski definition) is 5. The van der Waals surface area contributed by atoms with Gasteiger partial charge in [0.1, 0.15) is 17.5 Å². The first-order valence-corrected chi connectivity index (χ1v) is 6.27. The van der Waals surface area contributed by atoms with Gasteiger partial charge in [0, 0.05) is 25.6 Å². The van der Waals surface area contributed by atoms with Crippen LogP contribution in [0.2, 0.25) is 0 Å². The van der Waals surface area contributed by atoms with E-state index in [4.69, 9.17) is 10.5 Å². The first-order valence-electron chi connectivity index (χ1n) is 6.27. The number of anilines is 2. The molecule has 0 aliphatic carbocycles. The van der Waals surface area contributed by atoms with Gasteiger partial charge in [-0.1, -0.05) is 6.92 Å². The Hall–Kier alpha value is -1.36. The van der Waals surface area contributed by atoms with E-state index in [0.717, 1.165) is 50.5 Å². The lowest BCUT2D eigenvalue weighted by Gasteiger charge is -2.12. The van der Waals surface area contributed by atoms with Crippen molar-refractivity contribution in [1.82, 2.24) is 9.97 Å². The number of nitrogens with one attached hydrogen (secondary N) is 1. The first-order chi connectivity index (χ1) is 8.28. The second-order valence-corrected chi connectivity index (χ2v) is 4.36. The molecule has 0 spiro atoms. The fourth-order valence-electron chi connectivity index (χ4n) is 1.97. The van der Waals surface area contributed by atoms with Crippen molar-refractivity contribution in [3.63, 3.8) is 0 Å². The highest BCUT2D eigenvalue weighted by atomic mass is 16.5. The van der Waals surface area contributed by atoms with Crippen molar-refractivity contribution in [3.8, 4) is 0 Å². The molecule has 2 heterocycles. The standard InChI is InChI=1S/C12H20N4O/c1-2-4-11-15-10(13)7-12(16-11)14-8-9-5-3-6-17-9/h7,9H,2-6,8H2,1H3,(H3,13,14,15,16). The topological polar surface area (TPSA) is 73.1 Å². The molecule has 0 aromatic carbocycles. The summed E-state index contributed by atoms with van der Waals surface area (Å²) in [6.45, 7) is 3.77. The molecule has 0 radical (unpaired) electrons. The summed E-state index contributed by atoms with van der Waals surface area (Å²) in [5.41, 5.74) is 5.75. The Bertz CT molecular complexity index is 364. The highest BCUT2D eigenvalue weighted by Crippen LogP contribution is 2.14. The minimum Gasteiger partial charge on any atom is -0.384 e. The molecule has 0 bridgehead atoms. The molecule has 1 aliphatic rings. The molecule has 1 aromatic rings. The van der Waals surface area contributed by atoms with E-state index < -0.39 is 0 Å². The van der Waals surface area contributed by atoms with E-state index >= 15 is 0 Å². The number of rotatable bonds is 5. The van der Waals surface area contributed by atoms with Crippen molar-refractivity contribution >= 4 is 11.6 Å². The smallest absolute Gasteiger partial charge is 0.133 e. The minimum atomic E-state index is 0.306. The molecule has 1 unspecified atom stereocenters. The van der Waals surface area contributed by atoms with Crippen LogP contribution < -0.4 is 11.1 Å². The molecule has 1 atom stereocenters. The van der Waals surface area contributed by atoms with Crippen LogP contribution >= 0.6 is 0 Å². The van der Waals surface area contributed by atoms with E-state index in [1.54, 1.807) is 6.07 Å². The van der Waals surface area contributed by atoms with E-state index in [-0.39, 0.29) is 0 Å². The average Bonchev–Trinajstić information content (AvgIpc) is 2.79. The van der Waals surface area contributed by atoms with Gasteiger partial charge in [0.05, 0.1) is 6.10 Å². The van der Waals surface area contributed by atoms with E-state index in [9.17, 15) is 0 Å². The van der Waals surface area contributed by atoms with Crippen LogP contribution in [-0.2, 0) is 11.2 Å². The van der Waals surface area contributed by atoms with Crippen LogP contribution in [0, 0.1) is 0 Å². The lowest BCUT2D eigenvalue weighted by atomic mass is 10.2. The summed E-state index contributed by atoms with van der Waals surface area (Å²) in [5, 5.41) is 3.27. The lowest BCUT2D eigenvalue weighted by molar-refractivity contribution is 0.120. The number of nitrogen functional groups attached to an aromatic ring is 1. The molecule has 1 aromatic heterocycles. The lowest BCUT2D eigenvalue weighted by Crippen LogP contribution is -2.19. The summed E-state index contributed by atoms with van der Waals surface area (Å²) in [6.07, 6.45) is 4.46. The molecule has 5 nitrogen and oxygen atoms in total. The monoisotopic (exact) mass is 236 g/mol. The van der Waals surface area contributed by atoms with Crippen molar-refractivity contribution in [1.29, 1.82) is 0 Å². The van der Waals surface area contributed by atoms with Crippen molar-refractivity contribution < 1.29 is 4.74 Å². The average molecular weight is 236 g/mol.